The lowest BCUT2D eigenvalue weighted by Gasteiger charge is -2.02. The summed E-state index contributed by atoms with van der Waals surface area (Å²) in [5.41, 5.74) is 1.29. The fourth-order valence-electron chi connectivity index (χ4n) is 2.06. The number of aromatic nitrogens is 2. The number of ether oxygens (including phenoxy) is 1. The van der Waals surface area contributed by atoms with Crippen LogP contribution >= 0.6 is 15.9 Å². The van der Waals surface area contributed by atoms with Gasteiger partial charge < -0.3 is 9.15 Å². The minimum Gasteiger partial charge on any atom is -0.455 e. The fraction of sp³-hybridized carbons (Fsp3) is 0.118. The number of esters is 1. The molecule has 2 aromatic carbocycles. The van der Waals surface area contributed by atoms with Gasteiger partial charge in [-0.05, 0) is 45.8 Å². The first kappa shape index (κ1) is 16.3. The van der Waals surface area contributed by atoms with Gasteiger partial charge in [0, 0.05) is 4.47 Å². The third-order valence-corrected chi connectivity index (χ3v) is 3.86. The van der Waals surface area contributed by atoms with Gasteiger partial charge in [0.1, 0.15) is 5.82 Å². The van der Waals surface area contributed by atoms with E-state index in [1.165, 1.54) is 12.1 Å². The quantitative estimate of drug-likeness (QED) is 0.617. The topological polar surface area (TPSA) is 65.2 Å². The van der Waals surface area contributed by atoms with Crippen LogP contribution in [0.5, 0.6) is 0 Å². The van der Waals surface area contributed by atoms with Crippen LogP contribution in [-0.2, 0) is 22.6 Å². The van der Waals surface area contributed by atoms with Crippen LogP contribution in [0.4, 0.5) is 4.39 Å². The molecule has 0 saturated carbocycles. The third-order valence-electron chi connectivity index (χ3n) is 3.17. The van der Waals surface area contributed by atoms with E-state index in [0.717, 1.165) is 10.0 Å². The summed E-state index contributed by atoms with van der Waals surface area (Å²) >= 11 is 3.40. The predicted octanol–water partition coefficient (Wildman–Crippen LogP) is 3.92. The lowest BCUT2D eigenvalue weighted by atomic mass is 10.1. The molecule has 0 radical (unpaired) electrons. The molecule has 0 amide bonds. The van der Waals surface area contributed by atoms with E-state index in [1.807, 2.05) is 24.3 Å². The number of benzene rings is 2. The Bertz CT molecular complexity index is 866. The minimum absolute atomic E-state index is 0.0248. The van der Waals surface area contributed by atoms with Crippen LogP contribution in [0.15, 0.2) is 57.4 Å². The molecule has 24 heavy (non-hydrogen) atoms. The van der Waals surface area contributed by atoms with Gasteiger partial charge in [0.25, 0.3) is 5.89 Å². The van der Waals surface area contributed by atoms with Crippen molar-refractivity contribution in [1.82, 2.24) is 10.2 Å². The average molecular weight is 391 g/mol. The highest BCUT2D eigenvalue weighted by Gasteiger charge is 2.13. The molecule has 0 atom stereocenters. The molecule has 0 bridgehead atoms. The van der Waals surface area contributed by atoms with E-state index in [-0.39, 0.29) is 18.9 Å². The van der Waals surface area contributed by atoms with E-state index in [4.69, 9.17) is 9.15 Å². The molecule has 0 spiro atoms. The van der Waals surface area contributed by atoms with Gasteiger partial charge in [-0.2, -0.15) is 0 Å². The van der Waals surface area contributed by atoms with E-state index in [0.29, 0.717) is 11.5 Å². The molecular weight excluding hydrogens is 379 g/mol. The van der Waals surface area contributed by atoms with Crippen molar-refractivity contribution in [1.29, 1.82) is 0 Å². The molecule has 1 heterocycles. The lowest BCUT2D eigenvalue weighted by molar-refractivity contribution is -0.144. The SMILES string of the molecule is O=C(Cc1cccc(F)c1)OCc1nnc(-c2ccccc2Br)o1. The van der Waals surface area contributed by atoms with Crippen LogP contribution < -0.4 is 0 Å². The van der Waals surface area contributed by atoms with Gasteiger partial charge in [0.2, 0.25) is 5.89 Å². The van der Waals surface area contributed by atoms with Crippen molar-refractivity contribution >= 4 is 21.9 Å². The number of halogens is 2. The average Bonchev–Trinajstić information content (AvgIpc) is 3.02. The molecule has 5 nitrogen and oxygen atoms in total. The molecule has 0 aliphatic rings. The van der Waals surface area contributed by atoms with Gasteiger partial charge in [-0.25, -0.2) is 4.39 Å². The lowest BCUT2D eigenvalue weighted by Crippen LogP contribution is -2.08. The van der Waals surface area contributed by atoms with Crippen LogP contribution in [0.2, 0.25) is 0 Å². The van der Waals surface area contributed by atoms with Crippen molar-refractivity contribution in [2.45, 2.75) is 13.0 Å². The largest absolute Gasteiger partial charge is 0.455 e. The normalized spacial score (nSPS) is 10.6. The van der Waals surface area contributed by atoms with E-state index >= 15 is 0 Å². The second kappa shape index (κ2) is 7.35. The van der Waals surface area contributed by atoms with Crippen molar-refractivity contribution < 1.29 is 18.3 Å². The zero-order valence-electron chi connectivity index (χ0n) is 12.4. The van der Waals surface area contributed by atoms with Crippen LogP contribution in [0, 0.1) is 5.82 Å². The van der Waals surface area contributed by atoms with Crippen molar-refractivity contribution in [2.24, 2.45) is 0 Å². The first-order valence-electron chi connectivity index (χ1n) is 7.09. The molecule has 3 aromatic rings. The third kappa shape index (κ3) is 4.05. The van der Waals surface area contributed by atoms with Crippen molar-refractivity contribution in [2.75, 3.05) is 0 Å². The maximum absolute atomic E-state index is 13.1. The Labute approximate surface area is 145 Å². The van der Waals surface area contributed by atoms with Crippen LogP contribution in [0.3, 0.4) is 0 Å². The number of carbonyl (C=O) groups is 1. The first-order chi connectivity index (χ1) is 11.6. The molecular formula is C17H12BrFN2O3. The van der Waals surface area contributed by atoms with Gasteiger partial charge in [-0.15, -0.1) is 10.2 Å². The maximum atomic E-state index is 13.1. The van der Waals surface area contributed by atoms with Crippen LogP contribution in [0.1, 0.15) is 11.5 Å². The summed E-state index contributed by atoms with van der Waals surface area (Å²) in [4.78, 5) is 11.8. The molecule has 1 aromatic heterocycles. The molecule has 0 aliphatic heterocycles. The minimum atomic E-state index is -0.499. The Kier molecular flexibility index (Phi) is 5.00. The summed E-state index contributed by atoms with van der Waals surface area (Å²) in [6.45, 7) is -0.133. The van der Waals surface area contributed by atoms with E-state index in [9.17, 15) is 9.18 Å². The second-order valence-corrected chi connectivity index (χ2v) is 5.80. The molecule has 0 saturated heterocycles. The first-order valence-corrected chi connectivity index (χ1v) is 7.88. The molecule has 7 heteroatoms. The summed E-state index contributed by atoms with van der Waals surface area (Å²) in [6.07, 6.45) is -0.0248. The zero-order chi connectivity index (χ0) is 16.9. The predicted molar refractivity (Wildman–Crippen MR) is 87.3 cm³/mol. The Morgan fingerprint density at radius 1 is 1.17 bits per heavy atom. The van der Waals surface area contributed by atoms with Gasteiger partial charge in [0.05, 0.1) is 12.0 Å². The summed E-state index contributed by atoms with van der Waals surface area (Å²) in [5, 5.41) is 7.79. The molecule has 0 N–H and O–H groups in total. The van der Waals surface area contributed by atoms with E-state index < -0.39 is 11.8 Å². The monoisotopic (exact) mass is 390 g/mol. The fourth-order valence-corrected chi connectivity index (χ4v) is 2.52. The maximum Gasteiger partial charge on any atom is 0.310 e. The van der Waals surface area contributed by atoms with Crippen molar-refractivity contribution in [3.8, 4) is 11.5 Å². The van der Waals surface area contributed by atoms with Crippen LogP contribution in [-0.4, -0.2) is 16.2 Å². The summed E-state index contributed by atoms with van der Waals surface area (Å²) in [6, 6.07) is 13.2. The Balaban J connectivity index is 1.59. The number of hydrogen-bond acceptors (Lipinski definition) is 5. The zero-order valence-corrected chi connectivity index (χ0v) is 14.0. The molecule has 0 fully saturated rings. The van der Waals surface area contributed by atoms with Crippen molar-refractivity contribution in [3.05, 3.63) is 70.3 Å². The van der Waals surface area contributed by atoms with E-state index in [1.54, 1.807) is 12.1 Å². The Hall–Kier alpha value is -2.54. The highest BCUT2D eigenvalue weighted by Crippen LogP contribution is 2.26. The summed E-state index contributed by atoms with van der Waals surface area (Å²) in [7, 11) is 0. The molecule has 122 valence electrons. The standard InChI is InChI=1S/C17H12BrFN2O3/c18-14-7-2-1-6-13(14)17-21-20-15(24-17)10-23-16(22)9-11-4-3-5-12(19)8-11/h1-8H,9-10H2. The smallest absolute Gasteiger partial charge is 0.310 e. The molecule has 0 aliphatic carbocycles. The van der Waals surface area contributed by atoms with Gasteiger partial charge in [0.15, 0.2) is 6.61 Å². The number of rotatable bonds is 5. The second-order valence-electron chi connectivity index (χ2n) is 4.95. The number of nitrogens with zero attached hydrogens (tertiary/aromatic N) is 2. The summed E-state index contributed by atoms with van der Waals surface area (Å²) in [5.74, 6) is -0.372. The van der Waals surface area contributed by atoms with Gasteiger partial charge in [-0.3, -0.25) is 4.79 Å². The highest BCUT2D eigenvalue weighted by atomic mass is 79.9. The molecule has 3 rings (SSSR count). The highest BCUT2D eigenvalue weighted by molar-refractivity contribution is 9.10. The van der Waals surface area contributed by atoms with Crippen LogP contribution in [0.25, 0.3) is 11.5 Å². The van der Waals surface area contributed by atoms with Gasteiger partial charge in [-0.1, -0.05) is 24.3 Å². The molecule has 0 unspecified atom stereocenters. The summed E-state index contributed by atoms with van der Waals surface area (Å²) < 4.78 is 24.5. The van der Waals surface area contributed by atoms with Crippen molar-refractivity contribution in [3.63, 3.8) is 0 Å². The van der Waals surface area contributed by atoms with Gasteiger partial charge >= 0.3 is 5.97 Å². The number of carbonyl (C=O) groups excluding carboxylic acids is 1. The Morgan fingerprint density at radius 3 is 2.79 bits per heavy atom. The Morgan fingerprint density at radius 2 is 2.00 bits per heavy atom. The number of hydrogen-bond donors (Lipinski definition) is 0. The van der Waals surface area contributed by atoms with E-state index in [2.05, 4.69) is 26.1 Å².